The largest absolute Gasteiger partial charge is 0.455 e. The number of hydrogen-bond donors (Lipinski definition) is 0. The fourth-order valence-electron chi connectivity index (χ4n) is 6.35. The highest BCUT2D eigenvalue weighted by atomic mass is 16.3. The summed E-state index contributed by atoms with van der Waals surface area (Å²) in [5.74, 6) is -0.496. The summed E-state index contributed by atoms with van der Waals surface area (Å²) < 4.78 is 206. The summed E-state index contributed by atoms with van der Waals surface area (Å²) in [5.41, 5.74) is -1.27. The monoisotopic (exact) mass is 644 g/mol. The lowest BCUT2D eigenvalue weighted by Crippen LogP contribution is -1.91. The minimum Gasteiger partial charge on any atom is -0.455 e. The molecule has 0 aliphatic rings. The van der Waals surface area contributed by atoms with Crippen molar-refractivity contribution < 1.29 is 34.6 Å². The number of hydrogen-bond acceptors (Lipinski definition) is 1. The Morgan fingerprint density at radius 3 is 1.67 bits per heavy atom. The second-order valence-electron chi connectivity index (χ2n) is 11.1. The van der Waals surface area contributed by atoms with Gasteiger partial charge in [0, 0.05) is 22.1 Å². The molecule has 1 heterocycles. The van der Waals surface area contributed by atoms with Gasteiger partial charge in [-0.1, -0.05) is 163 Å². The van der Waals surface area contributed by atoms with Gasteiger partial charge in [-0.3, -0.25) is 0 Å². The lowest BCUT2D eigenvalue weighted by molar-refractivity contribution is 0.632. The molecule has 0 atom stereocenters. The van der Waals surface area contributed by atoms with E-state index in [1.54, 1.807) is 42.5 Å². The quantitative estimate of drug-likeness (QED) is 0.137. The van der Waals surface area contributed by atoms with Gasteiger partial charge in [0.1, 0.15) is 11.3 Å². The summed E-state index contributed by atoms with van der Waals surface area (Å²) >= 11 is 0. The predicted molar refractivity (Wildman–Crippen MR) is 208 cm³/mol. The molecule has 0 saturated carbocycles. The summed E-state index contributed by atoms with van der Waals surface area (Å²) in [5, 5.41) is -3.79. The van der Waals surface area contributed by atoms with E-state index in [1.807, 2.05) is 0 Å². The SMILES string of the molecule is [2H]c1c([2H])c([2H])c(-c2c3c([2H])c([2H])c([2H])c([2H])c3c(-c3c(-c4c([2H])c([2H])c5c([2H])c([2H])c6c([2H])c([2H])c([2H])c([2H])c6c5c4[2H])oc4ccc(-c5ccccc5)cc34)c3c([2H])c([2H])c([2H])c([2H])c23)c([2H])c1[2H]. The first-order valence-electron chi connectivity index (χ1n) is 26.1. The number of furan rings is 1. The highest BCUT2D eigenvalue weighted by Gasteiger charge is 2.24. The molecule has 0 radical (unpaired) electrons. The van der Waals surface area contributed by atoms with Gasteiger partial charge in [0.25, 0.3) is 0 Å². The molecular formula is C48H30O. The molecule has 1 nitrogen and oxygen atoms in total. The fraction of sp³-hybridized carbons (Fsp3) is 0. The summed E-state index contributed by atoms with van der Waals surface area (Å²) in [7, 11) is 0. The molecule has 9 aromatic carbocycles. The van der Waals surface area contributed by atoms with Crippen molar-refractivity contribution >= 4 is 54.1 Å². The van der Waals surface area contributed by atoms with Crippen molar-refractivity contribution in [3.05, 3.63) is 181 Å². The van der Waals surface area contributed by atoms with E-state index in [0.717, 1.165) is 0 Å². The highest BCUT2D eigenvalue weighted by Crippen LogP contribution is 2.50. The topological polar surface area (TPSA) is 13.1 Å². The fourth-order valence-corrected chi connectivity index (χ4v) is 6.35. The predicted octanol–water partition coefficient (Wildman–Crippen LogP) is 13.7. The molecular weight excluding hydrogens is 593 g/mol. The first-order chi connectivity index (χ1) is 33.5. The summed E-state index contributed by atoms with van der Waals surface area (Å²) in [6.45, 7) is 0. The van der Waals surface area contributed by atoms with Crippen molar-refractivity contribution in [2.75, 3.05) is 0 Å². The maximum absolute atomic E-state index is 9.92. The number of benzene rings is 9. The Hall–Kier alpha value is -6.44. The molecule has 0 aliphatic carbocycles. The summed E-state index contributed by atoms with van der Waals surface area (Å²) in [6, 6.07) is -4.03. The molecule has 10 rings (SSSR count). The van der Waals surface area contributed by atoms with Gasteiger partial charge in [-0.15, -0.1) is 0 Å². The van der Waals surface area contributed by atoms with Crippen molar-refractivity contribution in [1.82, 2.24) is 0 Å². The van der Waals surface area contributed by atoms with Gasteiger partial charge in [0.05, 0.1) is 30.2 Å². The maximum Gasteiger partial charge on any atom is 0.143 e. The van der Waals surface area contributed by atoms with Gasteiger partial charge in [-0.25, -0.2) is 0 Å². The van der Waals surface area contributed by atoms with Gasteiger partial charge in [-0.2, -0.15) is 0 Å². The lowest BCUT2D eigenvalue weighted by atomic mass is 9.84. The standard InChI is InChI=1S/C48H30O/c1-3-13-31(14-4-1)35-27-28-44-43(29-35)47(48(49-44)36-26-25-33-24-23-32-15-7-8-18-37(32)42(33)30-36)46-40-21-11-9-19-38(40)45(34-16-5-2-6-17-34)39-20-10-12-22-41(39)46/h1-30H/i2D,5D,6D,7D,8D,9D,10D,11D,12D,15D,16D,17D,18D,19D,20D,21D,22D,23D,24D,25D,26D,30D. The van der Waals surface area contributed by atoms with Crippen LogP contribution in [0.4, 0.5) is 0 Å². The zero-order valence-corrected chi connectivity index (χ0v) is 25.0. The molecule has 0 aliphatic heterocycles. The molecule has 0 fully saturated rings. The highest BCUT2D eigenvalue weighted by molar-refractivity contribution is 6.25. The average Bonchev–Trinajstić information content (AvgIpc) is 3.73. The third-order valence-corrected chi connectivity index (χ3v) is 8.46. The van der Waals surface area contributed by atoms with Crippen LogP contribution in [0.2, 0.25) is 0 Å². The zero-order chi connectivity index (χ0) is 51.5. The van der Waals surface area contributed by atoms with Crippen LogP contribution in [-0.4, -0.2) is 0 Å². The first kappa shape index (κ1) is 13.6. The van der Waals surface area contributed by atoms with Crippen LogP contribution in [-0.2, 0) is 0 Å². The molecule has 1 aromatic heterocycles. The van der Waals surface area contributed by atoms with Gasteiger partial charge in [0.2, 0.25) is 0 Å². The second kappa shape index (κ2) is 11.1. The van der Waals surface area contributed by atoms with E-state index in [9.17, 15) is 9.60 Å². The summed E-state index contributed by atoms with van der Waals surface area (Å²) in [6.07, 6.45) is 0. The zero-order valence-electron chi connectivity index (χ0n) is 47.0. The number of rotatable bonds is 4. The van der Waals surface area contributed by atoms with Gasteiger partial charge < -0.3 is 4.42 Å². The Labute approximate surface area is 315 Å². The third-order valence-electron chi connectivity index (χ3n) is 8.46. The molecule has 0 bridgehead atoms. The van der Waals surface area contributed by atoms with Gasteiger partial charge in [-0.05, 0) is 83.5 Å². The van der Waals surface area contributed by atoms with Crippen molar-refractivity contribution in [1.29, 1.82) is 0 Å². The van der Waals surface area contributed by atoms with Crippen LogP contribution in [0.25, 0.3) is 98.8 Å². The van der Waals surface area contributed by atoms with Crippen LogP contribution >= 0.6 is 0 Å². The second-order valence-corrected chi connectivity index (χ2v) is 11.1. The van der Waals surface area contributed by atoms with Crippen LogP contribution in [0.15, 0.2) is 186 Å². The van der Waals surface area contributed by atoms with Crippen LogP contribution in [0.5, 0.6) is 0 Å². The molecule has 0 unspecified atom stereocenters. The van der Waals surface area contributed by atoms with E-state index in [-0.39, 0.29) is 16.5 Å². The minimum atomic E-state index is -0.863. The minimum absolute atomic E-state index is 0.0211. The van der Waals surface area contributed by atoms with Crippen molar-refractivity contribution in [3.8, 4) is 44.7 Å². The Bertz CT molecular complexity index is 4020. The first-order valence-corrected chi connectivity index (χ1v) is 15.1. The van der Waals surface area contributed by atoms with Crippen LogP contribution < -0.4 is 0 Å². The third kappa shape index (κ3) is 4.40. The molecule has 0 spiro atoms. The molecule has 10 aromatic rings. The Morgan fingerprint density at radius 2 is 0.959 bits per heavy atom. The molecule has 228 valence electrons. The van der Waals surface area contributed by atoms with Crippen LogP contribution in [0.3, 0.4) is 0 Å². The smallest absolute Gasteiger partial charge is 0.143 e. The summed E-state index contributed by atoms with van der Waals surface area (Å²) in [4.78, 5) is 0. The van der Waals surface area contributed by atoms with Crippen molar-refractivity contribution in [2.24, 2.45) is 0 Å². The maximum atomic E-state index is 9.92. The van der Waals surface area contributed by atoms with E-state index in [1.165, 1.54) is 6.07 Å². The molecule has 1 heteroatoms. The van der Waals surface area contributed by atoms with E-state index in [0.29, 0.717) is 11.1 Å². The van der Waals surface area contributed by atoms with E-state index in [4.69, 9.17) is 25.0 Å². The normalized spacial score (nSPS) is 18.0. The lowest BCUT2D eigenvalue weighted by Gasteiger charge is -2.18. The molecule has 0 saturated heterocycles. The Morgan fingerprint density at radius 1 is 0.367 bits per heavy atom. The molecule has 0 amide bonds. The Balaban J connectivity index is 1.55. The van der Waals surface area contributed by atoms with E-state index in [2.05, 4.69) is 0 Å². The van der Waals surface area contributed by atoms with Gasteiger partial charge >= 0.3 is 0 Å². The number of fused-ring (bicyclic) bond motifs is 6. The van der Waals surface area contributed by atoms with Crippen LogP contribution in [0, 0.1) is 0 Å². The Kier molecular flexibility index (Phi) is 3.07. The average molecular weight is 645 g/mol. The van der Waals surface area contributed by atoms with E-state index < -0.39 is 204 Å². The van der Waals surface area contributed by atoms with Crippen LogP contribution in [0.1, 0.15) is 30.2 Å². The molecule has 0 N–H and O–H groups in total. The van der Waals surface area contributed by atoms with Gasteiger partial charge in [0.15, 0.2) is 0 Å². The van der Waals surface area contributed by atoms with E-state index >= 15 is 0 Å². The van der Waals surface area contributed by atoms with Crippen molar-refractivity contribution in [2.45, 2.75) is 0 Å². The molecule has 49 heavy (non-hydrogen) atoms. The van der Waals surface area contributed by atoms with Crippen molar-refractivity contribution in [3.63, 3.8) is 0 Å².